The normalized spacial score (nSPS) is 10.8. The lowest BCUT2D eigenvalue weighted by atomic mass is 10.1. The van der Waals surface area contributed by atoms with Crippen LogP contribution in [0.3, 0.4) is 0 Å². The molecule has 0 radical (unpaired) electrons. The van der Waals surface area contributed by atoms with E-state index in [1.165, 1.54) is 6.07 Å². The van der Waals surface area contributed by atoms with Gasteiger partial charge in [0.1, 0.15) is 17.4 Å². The van der Waals surface area contributed by atoms with Gasteiger partial charge in [-0.1, -0.05) is 12.1 Å². The van der Waals surface area contributed by atoms with E-state index >= 15 is 0 Å². The summed E-state index contributed by atoms with van der Waals surface area (Å²) in [7, 11) is 0. The Kier molecular flexibility index (Phi) is 4.92. The van der Waals surface area contributed by atoms with Crippen LogP contribution in [0.2, 0.25) is 0 Å². The number of hydrogen-bond acceptors (Lipinski definition) is 6. The number of anilines is 1. The molecule has 0 aliphatic heterocycles. The van der Waals surface area contributed by atoms with Crippen LogP contribution in [0.15, 0.2) is 33.7 Å². The van der Waals surface area contributed by atoms with Crippen LogP contribution in [0.5, 0.6) is 0 Å². The number of H-pyrrole nitrogens is 1. The molecule has 3 rings (SSSR count). The number of rotatable bonds is 6. The van der Waals surface area contributed by atoms with Crippen molar-refractivity contribution < 1.29 is 4.52 Å². The maximum atomic E-state index is 11.7. The fourth-order valence-electron chi connectivity index (χ4n) is 2.64. The fraction of sp³-hybridized carbons (Fsp3) is 0.333. The van der Waals surface area contributed by atoms with Gasteiger partial charge < -0.3 is 14.8 Å². The molecule has 0 saturated carbocycles. The Balaban J connectivity index is 1.66. The molecule has 3 heterocycles. The lowest BCUT2D eigenvalue weighted by molar-refractivity contribution is 0.392. The molecule has 0 aromatic carbocycles. The Bertz CT molecular complexity index is 892. The van der Waals surface area contributed by atoms with Gasteiger partial charge in [-0.3, -0.25) is 4.79 Å². The highest BCUT2D eigenvalue weighted by Gasteiger charge is 2.08. The number of aromatic amines is 1. The number of aromatic nitrogens is 4. The smallest absolute Gasteiger partial charge is 0.251 e. The van der Waals surface area contributed by atoms with E-state index in [9.17, 15) is 4.79 Å². The van der Waals surface area contributed by atoms with Crippen molar-refractivity contribution in [2.75, 3.05) is 11.9 Å². The van der Waals surface area contributed by atoms with Gasteiger partial charge in [-0.05, 0) is 38.8 Å². The molecular weight excluding hydrogens is 318 g/mol. The molecule has 7 nitrogen and oxygen atoms in total. The summed E-state index contributed by atoms with van der Waals surface area (Å²) in [5, 5.41) is 7.23. The van der Waals surface area contributed by atoms with E-state index < -0.39 is 0 Å². The average Bonchev–Trinajstić information content (AvgIpc) is 2.93. The quantitative estimate of drug-likeness (QED) is 0.716. The van der Waals surface area contributed by atoms with Crippen LogP contribution < -0.4 is 10.9 Å². The average molecular weight is 339 g/mol. The van der Waals surface area contributed by atoms with E-state index in [0.29, 0.717) is 12.2 Å². The van der Waals surface area contributed by atoms with Gasteiger partial charge in [0.2, 0.25) is 0 Å². The number of hydrogen-bond donors (Lipinski definition) is 2. The standard InChI is InChI=1S/C18H21N5O2/c1-4-14-9-17(24)22-18(21-14)13-5-6-16(20-10-13)19-8-7-15-11(2)23-25-12(15)3/h5-6,9-10H,4,7-8H2,1-3H3,(H,19,20)(H,21,22,24). The van der Waals surface area contributed by atoms with Crippen molar-refractivity contribution in [3.05, 3.63) is 57.5 Å². The lowest BCUT2D eigenvalue weighted by Crippen LogP contribution is -2.10. The van der Waals surface area contributed by atoms with Crippen LogP contribution in [0.25, 0.3) is 11.4 Å². The van der Waals surface area contributed by atoms with Crippen molar-refractivity contribution in [2.45, 2.75) is 33.6 Å². The molecule has 0 fully saturated rings. The first-order valence-electron chi connectivity index (χ1n) is 8.29. The van der Waals surface area contributed by atoms with Crippen molar-refractivity contribution in [3.63, 3.8) is 0 Å². The largest absolute Gasteiger partial charge is 0.370 e. The monoisotopic (exact) mass is 339 g/mol. The summed E-state index contributed by atoms with van der Waals surface area (Å²) in [6, 6.07) is 5.28. The molecule has 0 aliphatic carbocycles. The minimum atomic E-state index is -0.150. The highest BCUT2D eigenvalue weighted by Crippen LogP contribution is 2.16. The van der Waals surface area contributed by atoms with Gasteiger partial charge in [0, 0.05) is 35.6 Å². The third kappa shape index (κ3) is 3.93. The first-order chi connectivity index (χ1) is 12.1. The Labute approximate surface area is 145 Å². The van der Waals surface area contributed by atoms with Crippen LogP contribution in [0, 0.1) is 13.8 Å². The van der Waals surface area contributed by atoms with Crippen molar-refractivity contribution >= 4 is 5.82 Å². The van der Waals surface area contributed by atoms with Crippen LogP contribution in [0.4, 0.5) is 5.82 Å². The molecular formula is C18H21N5O2. The first kappa shape index (κ1) is 16.9. The molecule has 0 amide bonds. The molecule has 3 aromatic heterocycles. The fourth-order valence-corrected chi connectivity index (χ4v) is 2.64. The van der Waals surface area contributed by atoms with Crippen molar-refractivity contribution in [2.24, 2.45) is 0 Å². The zero-order valence-electron chi connectivity index (χ0n) is 14.6. The van der Waals surface area contributed by atoms with Gasteiger partial charge in [-0.2, -0.15) is 0 Å². The molecule has 0 unspecified atom stereocenters. The molecule has 2 N–H and O–H groups in total. The second kappa shape index (κ2) is 7.29. The summed E-state index contributed by atoms with van der Waals surface area (Å²) in [6.07, 6.45) is 3.24. The zero-order valence-corrected chi connectivity index (χ0v) is 14.6. The highest BCUT2D eigenvalue weighted by atomic mass is 16.5. The summed E-state index contributed by atoms with van der Waals surface area (Å²) in [5.74, 6) is 2.16. The van der Waals surface area contributed by atoms with Crippen LogP contribution in [0.1, 0.15) is 29.6 Å². The molecule has 0 atom stereocenters. The van der Waals surface area contributed by atoms with E-state index in [0.717, 1.165) is 47.1 Å². The molecule has 3 aromatic rings. The Morgan fingerprint density at radius 1 is 1.28 bits per heavy atom. The number of nitrogens with one attached hydrogen (secondary N) is 2. The third-order valence-electron chi connectivity index (χ3n) is 4.06. The predicted molar refractivity (Wildman–Crippen MR) is 95.6 cm³/mol. The number of pyridine rings is 1. The Hall–Kier alpha value is -2.96. The van der Waals surface area contributed by atoms with E-state index in [-0.39, 0.29) is 5.56 Å². The van der Waals surface area contributed by atoms with Crippen molar-refractivity contribution in [1.82, 2.24) is 20.1 Å². The SMILES string of the molecule is CCc1cc(=O)[nH]c(-c2ccc(NCCc3c(C)noc3C)nc2)n1. The van der Waals surface area contributed by atoms with Crippen LogP contribution >= 0.6 is 0 Å². The lowest BCUT2D eigenvalue weighted by Gasteiger charge is -2.07. The van der Waals surface area contributed by atoms with Gasteiger partial charge >= 0.3 is 0 Å². The predicted octanol–water partition coefficient (Wildman–Crippen LogP) is 2.65. The summed E-state index contributed by atoms with van der Waals surface area (Å²) < 4.78 is 5.16. The maximum Gasteiger partial charge on any atom is 0.251 e. The molecule has 25 heavy (non-hydrogen) atoms. The molecule has 0 saturated heterocycles. The first-order valence-corrected chi connectivity index (χ1v) is 8.29. The second-order valence-electron chi connectivity index (χ2n) is 5.85. The van der Waals surface area contributed by atoms with E-state index in [1.54, 1.807) is 6.20 Å². The van der Waals surface area contributed by atoms with Crippen LogP contribution in [-0.4, -0.2) is 26.7 Å². The van der Waals surface area contributed by atoms with Crippen LogP contribution in [-0.2, 0) is 12.8 Å². The number of nitrogens with zero attached hydrogens (tertiary/aromatic N) is 3. The summed E-state index contributed by atoms with van der Waals surface area (Å²) in [4.78, 5) is 23.3. The summed E-state index contributed by atoms with van der Waals surface area (Å²) in [5.41, 5.74) is 3.45. The second-order valence-corrected chi connectivity index (χ2v) is 5.85. The summed E-state index contributed by atoms with van der Waals surface area (Å²) in [6.45, 7) is 6.56. The van der Waals surface area contributed by atoms with Crippen molar-refractivity contribution in [3.8, 4) is 11.4 Å². The van der Waals surface area contributed by atoms with E-state index in [2.05, 4.69) is 25.4 Å². The van der Waals surface area contributed by atoms with Crippen molar-refractivity contribution in [1.29, 1.82) is 0 Å². The number of aryl methyl sites for hydroxylation is 3. The maximum absolute atomic E-state index is 11.7. The summed E-state index contributed by atoms with van der Waals surface area (Å²) >= 11 is 0. The zero-order chi connectivity index (χ0) is 17.8. The van der Waals surface area contributed by atoms with E-state index in [1.807, 2.05) is 32.9 Å². The van der Waals surface area contributed by atoms with Gasteiger partial charge in [0.05, 0.1) is 5.69 Å². The molecule has 0 bridgehead atoms. The molecule has 130 valence electrons. The Morgan fingerprint density at radius 2 is 2.12 bits per heavy atom. The van der Waals surface area contributed by atoms with Gasteiger partial charge in [0.15, 0.2) is 0 Å². The van der Waals surface area contributed by atoms with Gasteiger partial charge in [-0.25, -0.2) is 9.97 Å². The Morgan fingerprint density at radius 3 is 2.76 bits per heavy atom. The van der Waals surface area contributed by atoms with Gasteiger partial charge in [0.25, 0.3) is 5.56 Å². The molecule has 0 spiro atoms. The minimum Gasteiger partial charge on any atom is -0.370 e. The van der Waals surface area contributed by atoms with Gasteiger partial charge in [-0.15, -0.1) is 0 Å². The minimum absolute atomic E-state index is 0.150. The molecule has 0 aliphatic rings. The molecule has 7 heteroatoms. The highest BCUT2D eigenvalue weighted by molar-refractivity contribution is 5.55. The third-order valence-corrected chi connectivity index (χ3v) is 4.06. The topological polar surface area (TPSA) is 96.7 Å². The van der Waals surface area contributed by atoms with E-state index in [4.69, 9.17) is 4.52 Å².